The van der Waals surface area contributed by atoms with Crippen molar-refractivity contribution in [3.63, 3.8) is 0 Å². The van der Waals surface area contributed by atoms with Crippen molar-refractivity contribution in [1.29, 1.82) is 0 Å². The molecule has 0 fully saturated rings. The zero-order valence-corrected chi connectivity index (χ0v) is 13.2. The van der Waals surface area contributed by atoms with Gasteiger partial charge in [0.2, 0.25) is 0 Å². The SMILES string of the molecule is COC(=O)C1(C)Cc2oc3ccccc3c2C1c1ccccc1. The smallest absolute Gasteiger partial charge is 0.312 e. The number of ether oxygens (including phenoxy) is 1. The van der Waals surface area contributed by atoms with Crippen molar-refractivity contribution in [3.8, 4) is 0 Å². The van der Waals surface area contributed by atoms with Gasteiger partial charge in [0.05, 0.1) is 12.5 Å². The number of rotatable bonds is 2. The Balaban J connectivity index is 1.98. The summed E-state index contributed by atoms with van der Waals surface area (Å²) in [5.41, 5.74) is 2.48. The summed E-state index contributed by atoms with van der Waals surface area (Å²) in [5, 5.41) is 1.09. The quantitative estimate of drug-likeness (QED) is 0.663. The Hall–Kier alpha value is -2.55. The molecule has 2 aromatic carbocycles. The topological polar surface area (TPSA) is 39.4 Å². The Labute approximate surface area is 134 Å². The molecule has 0 saturated heterocycles. The van der Waals surface area contributed by atoms with Crippen molar-refractivity contribution in [2.45, 2.75) is 19.3 Å². The molecular formula is C20H18O3. The van der Waals surface area contributed by atoms with Crippen LogP contribution in [0.2, 0.25) is 0 Å². The van der Waals surface area contributed by atoms with Crippen LogP contribution in [0.25, 0.3) is 11.0 Å². The minimum atomic E-state index is -0.645. The van der Waals surface area contributed by atoms with Crippen LogP contribution in [0.5, 0.6) is 0 Å². The highest BCUT2D eigenvalue weighted by Gasteiger charge is 2.52. The Morgan fingerprint density at radius 1 is 1.13 bits per heavy atom. The maximum absolute atomic E-state index is 12.6. The third-order valence-corrected chi connectivity index (χ3v) is 4.95. The van der Waals surface area contributed by atoms with E-state index in [4.69, 9.17) is 9.15 Å². The van der Waals surface area contributed by atoms with Crippen LogP contribution in [-0.4, -0.2) is 13.1 Å². The number of furan rings is 1. The van der Waals surface area contributed by atoms with Crippen molar-refractivity contribution in [2.75, 3.05) is 7.11 Å². The molecule has 116 valence electrons. The van der Waals surface area contributed by atoms with Crippen LogP contribution in [-0.2, 0) is 16.0 Å². The number of fused-ring (bicyclic) bond motifs is 3. The fourth-order valence-electron chi connectivity index (χ4n) is 3.92. The highest BCUT2D eigenvalue weighted by molar-refractivity contribution is 5.89. The number of benzene rings is 2. The fourth-order valence-corrected chi connectivity index (χ4v) is 3.92. The molecule has 1 heterocycles. The normalized spacial score (nSPS) is 23.0. The highest BCUT2D eigenvalue weighted by Crippen LogP contribution is 2.54. The molecule has 3 aromatic rings. The Morgan fingerprint density at radius 3 is 2.57 bits per heavy atom. The van der Waals surface area contributed by atoms with Gasteiger partial charge in [0, 0.05) is 23.3 Å². The van der Waals surface area contributed by atoms with E-state index in [-0.39, 0.29) is 11.9 Å². The fraction of sp³-hybridized carbons (Fsp3) is 0.250. The van der Waals surface area contributed by atoms with Crippen LogP contribution in [0.15, 0.2) is 59.0 Å². The summed E-state index contributed by atoms with van der Waals surface area (Å²) in [5.74, 6) is 0.643. The standard InChI is InChI=1S/C20H18O3/c1-20(19(21)22-2)12-16-17(14-10-6-7-11-15(14)23-16)18(20)13-8-4-3-5-9-13/h3-11,18H,12H2,1-2H3. The lowest BCUT2D eigenvalue weighted by Gasteiger charge is -2.29. The molecule has 0 aliphatic heterocycles. The molecule has 0 radical (unpaired) electrons. The Morgan fingerprint density at radius 2 is 1.83 bits per heavy atom. The van der Waals surface area contributed by atoms with Crippen LogP contribution in [0.1, 0.15) is 29.7 Å². The van der Waals surface area contributed by atoms with E-state index in [2.05, 4.69) is 18.2 Å². The van der Waals surface area contributed by atoms with Gasteiger partial charge in [-0.05, 0) is 18.6 Å². The first-order valence-corrected chi connectivity index (χ1v) is 7.79. The summed E-state index contributed by atoms with van der Waals surface area (Å²) in [6, 6.07) is 18.2. The van der Waals surface area contributed by atoms with Crippen molar-refractivity contribution in [3.05, 3.63) is 71.5 Å². The maximum Gasteiger partial charge on any atom is 0.312 e. The molecule has 0 saturated carbocycles. The minimum Gasteiger partial charge on any atom is -0.469 e. The number of hydrogen-bond acceptors (Lipinski definition) is 3. The monoisotopic (exact) mass is 306 g/mol. The van der Waals surface area contributed by atoms with Gasteiger partial charge in [-0.2, -0.15) is 0 Å². The first kappa shape index (κ1) is 14.1. The summed E-state index contributed by atoms with van der Waals surface area (Å²) < 4.78 is 11.2. The van der Waals surface area contributed by atoms with Crippen LogP contribution in [0.3, 0.4) is 0 Å². The Bertz CT molecular complexity index is 878. The van der Waals surface area contributed by atoms with Crippen molar-refractivity contribution < 1.29 is 13.9 Å². The first-order valence-electron chi connectivity index (χ1n) is 7.79. The number of carbonyl (C=O) groups is 1. The van der Waals surface area contributed by atoms with E-state index in [1.165, 1.54) is 7.11 Å². The van der Waals surface area contributed by atoms with Gasteiger partial charge in [0.15, 0.2) is 0 Å². The molecule has 1 aromatic heterocycles. The number of methoxy groups -OCH3 is 1. The first-order chi connectivity index (χ1) is 11.1. The minimum absolute atomic E-state index is 0.0604. The van der Waals surface area contributed by atoms with E-state index in [0.717, 1.165) is 27.9 Å². The summed E-state index contributed by atoms with van der Waals surface area (Å²) in [6.45, 7) is 1.97. The van der Waals surface area contributed by atoms with Crippen LogP contribution < -0.4 is 0 Å². The lowest BCUT2D eigenvalue weighted by molar-refractivity contribution is -0.152. The van der Waals surface area contributed by atoms with E-state index < -0.39 is 5.41 Å². The van der Waals surface area contributed by atoms with E-state index in [9.17, 15) is 4.79 Å². The number of para-hydroxylation sites is 1. The molecule has 2 atom stereocenters. The molecule has 23 heavy (non-hydrogen) atoms. The van der Waals surface area contributed by atoms with Gasteiger partial charge < -0.3 is 9.15 Å². The molecular weight excluding hydrogens is 288 g/mol. The van der Waals surface area contributed by atoms with Gasteiger partial charge in [0.25, 0.3) is 0 Å². The molecule has 4 rings (SSSR count). The third kappa shape index (κ3) is 1.93. The van der Waals surface area contributed by atoms with Crippen molar-refractivity contribution in [2.24, 2.45) is 5.41 Å². The lowest BCUT2D eigenvalue weighted by Crippen LogP contribution is -2.34. The number of hydrogen-bond donors (Lipinski definition) is 0. The summed E-state index contributed by atoms with van der Waals surface area (Å²) in [7, 11) is 1.45. The largest absolute Gasteiger partial charge is 0.469 e. The second-order valence-electron chi connectivity index (χ2n) is 6.36. The van der Waals surface area contributed by atoms with Crippen molar-refractivity contribution >= 4 is 16.9 Å². The molecule has 1 aliphatic carbocycles. The zero-order valence-electron chi connectivity index (χ0n) is 13.2. The average Bonchev–Trinajstić information content (AvgIpc) is 3.07. The van der Waals surface area contributed by atoms with Crippen LogP contribution >= 0.6 is 0 Å². The Kier molecular flexibility index (Phi) is 3.05. The number of carbonyl (C=O) groups excluding carboxylic acids is 1. The van der Waals surface area contributed by atoms with Gasteiger partial charge in [-0.3, -0.25) is 4.79 Å². The molecule has 0 bridgehead atoms. The lowest BCUT2D eigenvalue weighted by atomic mass is 9.73. The van der Waals surface area contributed by atoms with E-state index >= 15 is 0 Å². The van der Waals surface area contributed by atoms with E-state index in [1.807, 2.05) is 43.3 Å². The van der Waals surface area contributed by atoms with Gasteiger partial charge in [-0.25, -0.2) is 0 Å². The predicted molar refractivity (Wildman–Crippen MR) is 88.3 cm³/mol. The highest BCUT2D eigenvalue weighted by atomic mass is 16.5. The predicted octanol–water partition coefficient (Wildman–Crippen LogP) is 4.30. The van der Waals surface area contributed by atoms with Gasteiger partial charge >= 0.3 is 5.97 Å². The van der Waals surface area contributed by atoms with Gasteiger partial charge in [-0.15, -0.1) is 0 Å². The summed E-state index contributed by atoms with van der Waals surface area (Å²) in [4.78, 5) is 12.6. The molecule has 0 spiro atoms. The average molecular weight is 306 g/mol. The molecule has 2 unspecified atom stereocenters. The van der Waals surface area contributed by atoms with Crippen LogP contribution in [0.4, 0.5) is 0 Å². The molecule has 3 heteroatoms. The second-order valence-corrected chi connectivity index (χ2v) is 6.36. The zero-order chi connectivity index (χ0) is 16.0. The number of esters is 1. The molecule has 0 N–H and O–H groups in total. The van der Waals surface area contributed by atoms with Crippen LogP contribution in [0, 0.1) is 5.41 Å². The third-order valence-electron chi connectivity index (χ3n) is 4.95. The second kappa shape index (κ2) is 4.98. The maximum atomic E-state index is 12.6. The molecule has 0 amide bonds. The summed E-state index contributed by atoms with van der Waals surface area (Å²) >= 11 is 0. The van der Waals surface area contributed by atoms with Gasteiger partial charge in [-0.1, -0.05) is 48.5 Å². The summed E-state index contributed by atoms with van der Waals surface area (Å²) in [6.07, 6.45) is 0.559. The van der Waals surface area contributed by atoms with Gasteiger partial charge in [0.1, 0.15) is 11.3 Å². The van der Waals surface area contributed by atoms with E-state index in [0.29, 0.717) is 6.42 Å². The molecule has 3 nitrogen and oxygen atoms in total. The van der Waals surface area contributed by atoms with Crippen molar-refractivity contribution in [1.82, 2.24) is 0 Å². The molecule has 1 aliphatic rings. The van der Waals surface area contributed by atoms with E-state index in [1.54, 1.807) is 0 Å².